The van der Waals surface area contributed by atoms with E-state index in [0.717, 1.165) is 0 Å². The van der Waals surface area contributed by atoms with Crippen LogP contribution >= 0.6 is 23.2 Å². The van der Waals surface area contributed by atoms with E-state index in [2.05, 4.69) is 0 Å². The van der Waals surface area contributed by atoms with Crippen LogP contribution in [-0.4, -0.2) is 37.0 Å². The maximum Gasteiger partial charge on any atom is 0.218 e. The number of sulfonamides is 1. The highest BCUT2D eigenvalue weighted by atomic mass is 35.5. The fraction of sp³-hybridized carbons (Fsp3) is 0.455. The Labute approximate surface area is 116 Å². The first-order valence-corrected chi connectivity index (χ1v) is 7.85. The summed E-state index contributed by atoms with van der Waals surface area (Å²) in [6, 6.07) is 4.73. The Balaban J connectivity index is 2.17. The third-order valence-corrected chi connectivity index (χ3v) is 5.25. The smallest absolute Gasteiger partial charge is 0.218 e. The Hall–Kier alpha value is -0.330. The zero-order chi connectivity index (χ0) is 13.3. The highest BCUT2D eigenvalue weighted by Gasteiger charge is 2.30. The van der Waals surface area contributed by atoms with E-state index in [4.69, 9.17) is 23.2 Å². The van der Waals surface area contributed by atoms with Crippen molar-refractivity contribution in [1.82, 2.24) is 4.31 Å². The summed E-state index contributed by atoms with van der Waals surface area (Å²) in [6.45, 7) is 0.516. The van der Waals surface area contributed by atoms with Crippen LogP contribution in [-0.2, 0) is 15.8 Å². The lowest BCUT2D eigenvalue weighted by Gasteiger charge is -2.16. The summed E-state index contributed by atoms with van der Waals surface area (Å²) in [5.41, 5.74) is 0.516. The molecule has 0 unspecified atom stereocenters. The van der Waals surface area contributed by atoms with Crippen LogP contribution in [0.15, 0.2) is 18.2 Å². The third kappa shape index (κ3) is 3.16. The van der Waals surface area contributed by atoms with Gasteiger partial charge in [0.05, 0.1) is 11.9 Å². The Morgan fingerprint density at radius 2 is 2.11 bits per heavy atom. The van der Waals surface area contributed by atoms with E-state index in [-0.39, 0.29) is 12.3 Å². The topological polar surface area (TPSA) is 57.6 Å². The fourth-order valence-corrected chi connectivity index (χ4v) is 4.05. The molecule has 2 rings (SSSR count). The predicted molar refractivity (Wildman–Crippen MR) is 71.3 cm³/mol. The lowest BCUT2D eigenvalue weighted by Crippen LogP contribution is -2.30. The maximum absolute atomic E-state index is 12.1. The number of rotatable bonds is 3. The van der Waals surface area contributed by atoms with Crippen molar-refractivity contribution in [3.05, 3.63) is 33.8 Å². The summed E-state index contributed by atoms with van der Waals surface area (Å²) in [4.78, 5) is 0. The quantitative estimate of drug-likeness (QED) is 0.927. The van der Waals surface area contributed by atoms with Gasteiger partial charge in [-0.05, 0) is 24.1 Å². The third-order valence-electron chi connectivity index (χ3n) is 2.87. The molecule has 1 N–H and O–H groups in total. The van der Waals surface area contributed by atoms with Gasteiger partial charge in [-0.3, -0.25) is 0 Å². The van der Waals surface area contributed by atoms with E-state index in [1.165, 1.54) is 10.4 Å². The van der Waals surface area contributed by atoms with E-state index < -0.39 is 16.1 Å². The van der Waals surface area contributed by atoms with Gasteiger partial charge in [-0.2, -0.15) is 4.31 Å². The molecule has 1 aliphatic rings. The molecule has 0 aromatic heterocycles. The first-order valence-electron chi connectivity index (χ1n) is 5.48. The molecule has 0 spiro atoms. The van der Waals surface area contributed by atoms with E-state index >= 15 is 0 Å². The van der Waals surface area contributed by atoms with Crippen LogP contribution in [0.5, 0.6) is 0 Å². The molecule has 0 bridgehead atoms. The molecule has 1 heterocycles. The number of hydrogen-bond acceptors (Lipinski definition) is 3. The van der Waals surface area contributed by atoms with Crippen molar-refractivity contribution in [2.24, 2.45) is 0 Å². The second kappa shape index (κ2) is 5.35. The molecule has 1 aliphatic heterocycles. The summed E-state index contributed by atoms with van der Waals surface area (Å²) in [5, 5.41) is 10.2. The summed E-state index contributed by atoms with van der Waals surface area (Å²) in [6.07, 6.45) is -0.0893. The first-order chi connectivity index (χ1) is 8.38. The molecule has 1 aromatic rings. The van der Waals surface area contributed by atoms with E-state index in [9.17, 15) is 13.5 Å². The van der Waals surface area contributed by atoms with Gasteiger partial charge < -0.3 is 5.11 Å². The number of nitrogens with zero attached hydrogens (tertiary/aromatic N) is 1. The number of hydrogen-bond donors (Lipinski definition) is 1. The van der Waals surface area contributed by atoms with Gasteiger partial charge in [-0.1, -0.05) is 29.3 Å². The normalized spacial score (nSPS) is 21.4. The van der Waals surface area contributed by atoms with E-state index in [0.29, 0.717) is 28.6 Å². The molecular weight excluding hydrogens is 297 g/mol. The van der Waals surface area contributed by atoms with Gasteiger partial charge in [0.2, 0.25) is 10.0 Å². The van der Waals surface area contributed by atoms with Crippen LogP contribution in [0.1, 0.15) is 12.0 Å². The number of halogens is 2. The molecular formula is C11H13Cl2NO3S. The van der Waals surface area contributed by atoms with Crippen molar-refractivity contribution in [3.63, 3.8) is 0 Å². The Kier molecular flexibility index (Phi) is 4.18. The van der Waals surface area contributed by atoms with Crippen LogP contribution in [0.3, 0.4) is 0 Å². The lowest BCUT2D eigenvalue weighted by molar-refractivity contribution is 0.189. The number of aliphatic hydroxyl groups excluding tert-OH is 1. The SMILES string of the molecule is O=S(=O)(Cc1ccc(Cl)cc1Cl)N1CC[C@H](O)C1. The second-order valence-corrected chi connectivity index (χ2v) is 7.11. The minimum absolute atomic E-state index is 0.160. The van der Waals surface area contributed by atoms with Gasteiger partial charge in [0.1, 0.15) is 0 Å². The highest BCUT2D eigenvalue weighted by Crippen LogP contribution is 2.25. The molecule has 0 aliphatic carbocycles. The number of β-amino-alcohol motifs (C(OH)–C–C–N with tert-alkyl or cyclic N) is 1. The summed E-state index contributed by atoms with van der Waals surface area (Å²) in [7, 11) is -3.44. The first kappa shape index (κ1) is 14.1. The zero-order valence-corrected chi connectivity index (χ0v) is 11.8. The molecule has 18 heavy (non-hydrogen) atoms. The van der Waals surface area contributed by atoms with Gasteiger partial charge in [0.25, 0.3) is 0 Å². The molecule has 0 radical (unpaired) electrons. The van der Waals surface area contributed by atoms with Crippen LogP contribution < -0.4 is 0 Å². The average Bonchev–Trinajstić information content (AvgIpc) is 2.70. The summed E-state index contributed by atoms with van der Waals surface area (Å²) >= 11 is 11.7. The van der Waals surface area contributed by atoms with Gasteiger partial charge in [0.15, 0.2) is 0 Å². The average molecular weight is 310 g/mol. The summed E-state index contributed by atoms with van der Waals surface area (Å²) < 4.78 is 25.5. The van der Waals surface area contributed by atoms with Crippen LogP contribution in [0.25, 0.3) is 0 Å². The molecule has 0 saturated carbocycles. The highest BCUT2D eigenvalue weighted by molar-refractivity contribution is 7.88. The van der Waals surface area contributed by atoms with Gasteiger partial charge in [-0.15, -0.1) is 0 Å². The van der Waals surface area contributed by atoms with Crippen molar-refractivity contribution in [2.75, 3.05) is 13.1 Å². The van der Waals surface area contributed by atoms with Gasteiger partial charge in [0, 0.05) is 23.1 Å². The molecule has 1 fully saturated rings. The minimum atomic E-state index is -3.44. The summed E-state index contributed by atoms with van der Waals surface area (Å²) in [5.74, 6) is -0.171. The van der Waals surface area contributed by atoms with Crippen LogP contribution in [0, 0.1) is 0 Å². The van der Waals surface area contributed by atoms with Gasteiger partial charge in [-0.25, -0.2) is 8.42 Å². The molecule has 100 valence electrons. The van der Waals surface area contributed by atoms with Crippen molar-refractivity contribution in [1.29, 1.82) is 0 Å². The zero-order valence-electron chi connectivity index (χ0n) is 9.51. The van der Waals surface area contributed by atoms with Crippen molar-refractivity contribution in [2.45, 2.75) is 18.3 Å². The van der Waals surface area contributed by atoms with Gasteiger partial charge >= 0.3 is 0 Å². The van der Waals surface area contributed by atoms with E-state index in [1.807, 2.05) is 0 Å². The minimum Gasteiger partial charge on any atom is -0.392 e. The Morgan fingerprint density at radius 1 is 1.39 bits per heavy atom. The largest absolute Gasteiger partial charge is 0.392 e. The second-order valence-electron chi connectivity index (χ2n) is 4.29. The number of benzene rings is 1. The van der Waals surface area contributed by atoms with E-state index in [1.54, 1.807) is 12.1 Å². The van der Waals surface area contributed by atoms with Crippen molar-refractivity contribution < 1.29 is 13.5 Å². The van der Waals surface area contributed by atoms with Crippen molar-refractivity contribution in [3.8, 4) is 0 Å². The molecule has 0 amide bonds. The standard InChI is InChI=1S/C11H13Cl2NO3S/c12-9-2-1-8(11(13)5-9)7-18(16,17)14-4-3-10(15)6-14/h1-2,5,10,15H,3-4,6-7H2/t10-/m0/s1. The monoisotopic (exact) mass is 309 g/mol. The Morgan fingerprint density at radius 3 is 2.67 bits per heavy atom. The molecule has 1 saturated heterocycles. The maximum atomic E-state index is 12.1. The Bertz CT molecular complexity index is 547. The molecule has 7 heteroatoms. The van der Waals surface area contributed by atoms with Crippen LogP contribution in [0.2, 0.25) is 10.0 Å². The molecule has 1 atom stereocenters. The predicted octanol–water partition coefficient (Wildman–Crippen LogP) is 1.89. The fourth-order valence-electron chi connectivity index (χ4n) is 1.89. The number of aliphatic hydroxyl groups is 1. The van der Waals surface area contributed by atoms with Crippen molar-refractivity contribution >= 4 is 33.2 Å². The van der Waals surface area contributed by atoms with Crippen LogP contribution in [0.4, 0.5) is 0 Å². The molecule has 1 aromatic carbocycles. The molecule has 4 nitrogen and oxygen atoms in total. The lowest BCUT2D eigenvalue weighted by atomic mass is 10.2.